The van der Waals surface area contributed by atoms with E-state index >= 15 is 0 Å². The number of aryl methyl sites for hydroxylation is 1. The lowest BCUT2D eigenvalue weighted by Gasteiger charge is -2.26. The highest BCUT2D eigenvalue weighted by atomic mass is 35.5. The van der Waals surface area contributed by atoms with Crippen molar-refractivity contribution in [3.63, 3.8) is 0 Å². The highest BCUT2D eigenvalue weighted by Crippen LogP contribution is 2.31. The lowest BCUT2D eigenvalue weighted by molar-refractivity contribution is 0.0954. The first-order valence-corrected chi connectivity index (χ1v) is 11.7. The van der Waals surface area contributed by atoms with E-state index in [9.17, 15) is 13.2 Å². The molecule has 0 saturated heterocycles. The number of nitrogens with zero attached hydrogens (tertiary/aromatic N) is 2. The highest BCUT2D eigenvalue weighted by Gasteiger charge is 2.26. The molecule has 3 aromatic rings. The Bertz CT molecular complexity index is 1240. The molecule has 0 heterocycles. The molecule has 0 aliphatic carbocycles. The lowest BCUT2D eigenvalue weighted by Crippen LogP contribution is -2.31. The summed E-state index contributed by atoms with van der Waals surface area (Å²) in [7, 11) is -3.86. The van der Waals surface area contributed by atoms with Crippen LogP contribution in [0.5, 0.6) is 0 Å². The zero-order valence-corrected chi connectivity index (χ0v) is 19.6. The fourth-order valence-electron chi connectivity index (χ4n) is 3.03. The van der Waals surface area contributed by atoms with Crippen molar-refractivity contribution in [2.45, 2.75) is 32.2 Å². The fraction of sp³-hybridized carbons (Fsp3) is 0.167. The van der Waals surface area contributed by atoms with Crippen LogP contribution in [0.4, 0.5) is 5.69 Å². The normalized spacial score (nSPS) is 11.0. The molecule has 0 radical (unpaired) electrons. The van der Waals surface area contributed by atoms with Crippen LogP contribution in [0.3, 0.4) is 0 Å². The van der Waals surface area contributed by atoms with E-state index in [1.165, 1.54) is 4.31 Å². The number of hydrogen-bond donors (Lipinski definition) is 1. The Morgan fingerprint density at radius 1 is 1.00 bits per heavy atom. The number of carbonyl (C=O) groups excluding carboxylic acids is 1. The van der Waals surface area contributed by atoms with Crippen molar-refractivity contribution in [3.05, 3.63) is 94.5 Å². The minimum absolute atomic E-state index is 0.0759. The average molecular weight is 470 g/mol. The number of nitrogens with one attached hydrogen (secondary N) is 1. The zero-order chi connectivity index (χ0) is 23.3. The van der Waals surface area contributed by atoms with Crippen molar-refractivity contribution in [2.24, 2.45) is 5.10 Å². The molecule has 0 atom stereocenters. The van der Waals surface area contributed by atoms with E-state index in [-0.39, 0.29) is 17.3 Å². The molecule has 3 rings (SSSR count). The first-order valence-electron chi connectivity index (χ1n) is 9.92. The third-order valence-electron chi connectivity index (χ3n) is 4.69. The van der Waals surface area contributed by atoms with Gasteiger partial charge in [0, 0.05) is 16.3 Å². The number of sulfonamides is 1. The first kappa shape index (κ1) is 23.5. The Morgan fingerprint density at radius 3 is 2.28 bits per heavy atom. The first-order chi connectivity index (χ1) is 15.2. The van der Waals surface area contributed by atoms with Gasteiger partial charge in [-0.2, -0.15) is 5.10 Å². The van der Waals surface area contributed by atoms with Crippen LogP contribution in [0.2, 0.25) is 5.02 Å². The Balaban J connectivity index is 1.97. The maximum atomic E-state index is 13.5. The predicted octanol–water partition coefficient (Wildman–Crippen LogP) is 5.17. The summed E-state index contributed by atoms with van der Waals surface area (Å²) in [6, 6.07) is 20.1. The van der Waals surface area contributed by atoms with Gasteiger partial charge in [-0.05, 0) is 68.3 Å². The van der Waals surface area contributed by atoms with Crippen LogP contribution in [0.25, 0.3) is 0 Å². The molecule has 0 saturated carbocycles. The van der Waals surface area contributed by atoms with Crippen molar-refractivity contribution in [1.82, 2.24) is 5.43 Å². The minimum Gasteiger partial charge on any atom is -0.267 e. The molecule has 32 heavy (non-hydrogen) atoms. The van der Waals surface area contributed by atoms with Crippen LogP contribution in [0.1, 0.15) is 35.3 Å². The molecule has 8 heteroatoms. The van der Waals surface area contributed by atoms with Gasteiger partial charge in [0.25, 0.3) is 15.9 Å². The number of amides is 1. The van der Waals surface area contributed by atoms with Gasteiger partial charge in [0.15, 0.2) is 0 Å². The van der Waals surface area contributed by atoms with Crippen LogP contribution < -0.4 is 9.73 Å². The van der Waals surface area contributed by atoms with E-state index < -0.39 is 10.0 Å². The zero-order valence-electron chi connectivity index (χ0n) is 18.0. The van der Waals surface area contributed by atoms with Gasteiger partial charge >= 0.3 is 0 Å². The number of rotatable bonds is 7. The van der Waals surface area contributed by atoms with Crippen LogP contribution in [0.15, 0.2) is 82.8 Å². The molecule has 0 aromatic heterocycles. The van der Waals surface area contributed by atoms with Crippen molar-refractivity contribution < 1.29 is 13.2 Å². The van der Waals surface area contributed by atoms with E-state index in [4.69, 9.17) is 11.6 Å². The predicted molar refractivity (Wildman–Crippen MR) is 129 cm³/mol. The summed E-state index contributed by atoms with van der Waals surface area (Å²) in [6.07, 6.45) is 0. The molecule has 6 nitrogen and oxygen atoms in total. The third kappa shape index (κ3) is 5.55. The maximum Gasteiger partial charge on any atom is 0.271 e. The monoisotopic (exact) mass is 469 g/mol. The summed E-state index contributed by atoms with van der Waals surface area (Å²) < 4.78 is 28.4. The van der Waals surface area contributed by atoms with Gasteiger partial charge in [-0.3, -0.25) is 9.10 Å². The van der Waals surface area contributed by atoms with E-state index in [2.05, 4.69) is 10.5 Å². The van der Waals surface area contributed by atoms with Crippen LogP contribution in [0, 0.1) is 6.92 Å². The molecule has 0 aliphatic heterocycles. The second-order valence-corrected chi connectivity index (χ2v) is 9.75. The van der Waals surface area contributed by atoms with E-state index in [0.717, 1.165) is 16.8 Å². The Labute approximate surface area is 193 Å². The van der Waals surface area contributed by atoms with Crippen LogP contribution in [-0.4, -0.2) is 20.0 Å². The molecule has 0 fully saturated rings. The van der Waals surface area contributed by atoms with Gasteiger partial charge in [0.1, 0.15) is 0 Å². The molecule has 0 unspecified atom stereocenters. The summed E-state index contributed by atoms with van der Waals surface area (Å²) in [6.45, 7) is 5.47. The van der Waals surface area contributed by atoms with Gasteiger partial charge in [0.2, 0.25) is 0 Å². The number of halogens is 1. The Kier molecular flexibility index (Phi) is 7.33. The number of anilines is 1. The maximum absolute atomic E-state index is 13.5. The largest absolute Gasteiger partial charge is 0.271 e. The molecular weight excluding hydrogens is 446 g/mol. The minimum atomic E-state index is -3.86. The average Bonchev–Trinajstić information content (AvgIpc) is 2.78. The van der Waals surface area contributed by atoms with Crippen molar-refractivity contribution in [2.75, 3.05) is 4.31 Å². The Morgan fingerprint density at radius 2 is 1.66 bits per heavy atom. The van der Waals surface area contributed by atoms with Crippen molar-refractivity contribution in [3.8, 4) is 0 Å². The van der Waals surface area contributed by atoms with Gasteiger partial charge in [0.05, 0.1) is 17.1 Å². The smallest absolute Gasteiger partial charge is 0.267 e. The number of carbonyl (C=O) groups is 1. The number of hydrogen-bond acceptors (Lipinski definition) is 4. The molecule has 1 amide bonds. The summed E-state index contributed by atoms with van der Waals surface area (Å²) in [4.78, 5) is 12.4. The van der Waals surface area contributed by atoms with Gasteiger partial charge in [-0.25, -0.2) is 13.8 Å². The molecule has 0 bridgehead atoms. The van der Waals surface area contributed by atoms with Gasteiger partial charge in [-0.15, -0.1) is 0 Å². The van der Waals surface area contributed by atoms with Crippen molar-refractivity contribution >= 4 is 38.9 Å². The van der Waals surface area contributed by atoms with Gasteiger partial charge < -0.3 is 0 Å². The molecule has 3 aromatic carbocycles. The summed E-state index contributed by atoms with van der Waals surface area (Å²) >= 11 is 6.19. The molecule has 0 spiro atoms. The third-order valence-corrected chi connectivity index (χ3v) is 6.70. The number of hydrazone groups is 1. The topological polar surface area (TPSA) is 78.8 Å². The molecule has 166 valence electrons. The lowest BCUT2D eigenvalue weighted by atomic mass is 10.1. The van der Waals surface area contributed by atoms with Crippen LogP contribution in [-0.2, 0) is 16.6 Å². The molecular formula is C24H24ClN3O3S. The second kappa shape index (κ2) is 9.97. The van der Waals surface area contributed by atoms with Crippen LogP contribution >= 0.6 is 11.6 Å². The number of benzene rings is 3. The second-order valence-electron chi connectivity index (χ2n) is 7.45. The summed E-state index contributed by atoms with van der Waals surface area (Å²) in [5, 5.41) is 4.35. The molecule has 1 N–H and O–H groups in total. The summed E-state index contributed by atoms with van der Waals surface area (Å²) in [5.74, 6) is -0.336. The highest BCUT2D eigenvalue weighted by molar-refractivity contribution is 7.92. The van der Waals surface area contributed by atoms with E-state index in [0.29, 0.717) is 16.3 Å². The van der Waals surface area contributed by atoms with Gasteiger partial charge in [-0.1, -0.05) is 48.0 Å². The summed E-state index contributed by atoms with van der Waals surface area (Å²) in [5.41, 5.74) is 5.62. The molecule has 0 aliphatic rings. The SMILES string of the molecule is CC(C)=NNC(=O)c1ccc(CN(c2cc(Cl)ccc2C)S(=O)(=O)c2ccccc2)cc1. The fourth-order valence-corrected chi connectivity index (χ4v) is 4.72. The van der Waals surface area contributed by atoms with Crippen molar-refractivity contribution in [1.29, 1.82) is 0 Å². The quantitative estimate of drug-likeness (QED) is 0.383. The Hall–Kier alpha value is -3.16. The van der Waals surface area contributed by atoms with E-state index in [1.807, 2.05) is 6.92 Å². The standard InChI is InChI=1S/C24H24ClN3O3S/c1-17(2)26-27-24(29)20-12-10-19(11-13-20)16-28(23-15-21(25)14-9-18(23)3)32(30,31)22-7-5-4-6-8-22/h4-15H,16H2,1-3H3,(H,27,29). The van der Waals surface area contributed by atoms with E-state index in [1.54, 1.807) is 86.6 Å².